The van der Waals surface area contributed by atoms with E-state index < -0.39 is 0 Å². The van der Waals surface area contributed by atoms with Gasteiger partial charge >= 0.3 is 0 Å². The number of hydrogen-bond acceptors (Lipinski definition) is 3. The number of nitrogens with zero attached hydrogens (tertiary/aromatic N) is 2. The smallest absolute Gasteiger partial charge is 0.140 e. The van der Waals surface area contributed by atoms with Gasteiger partial charge in [-0.2, -0.15) is 0 Å². The molecule has 0 saturated carbocycles. The van der Waals surface area contributed by atoms with Crippen molar-refractivity contribution in [1.29, 1.82) is 0 Å². The highest BCUT2D eigenvalue weighted by Gasteiger charge is 2.20. The van der Waals surface area contributed by atoms with Crippen LogP contribution in [0.4, 0.5) is 5.69 Å². The van der Waals surface area contributed by atoms with Gasteiger partial charge < -0.3 is 16.0 Å². The van der Waals surface area contributed by atoms with Crippen LogP contribution >= 0.6 is 0 Å². The molecule has 0 aliphatic carbocycles. The van der Waals surface area contributed by atoms with E-state index in [1.807, 2.05) is 30.5 Å². The molecule has 1 aliphatic rings. The van der Waals surface area contributed by atoms with Crippen molar-refractivity contribution in [2.75, 3.05) is 5.73 Å². The Kier molecular flexibility index (Phi) is 2.37. The van der Waals surface area contributed by atoms with Crippen LogP contribution in [0.15, 0.2) is 30.5 Å². The molecule has 17 heavy (non-hydrogen) atoms. The molecule has 88 valence electrons. The third kappa shape index (κ3) is 1.70. The van der Waals surface area contributed by atoms with Crippen LogP contribution < -0.4 is 11.5 Å². The number of benzene rings is 1. The standard InChI is InChI=1S/C13H16N4/c14-10-4-1-3-9(7-10)13-16-8-12-11(15)5-2-6-17(12)13/h1,3-4,7-8,11H,2,5-6,14-15H2. The Bertz CT molecular complexity index is 544. The van der Waals surface area contributed by atoms with Crippen molar-refractivity contribution < 1.29 is 0 Å². The van der Waals surface area contributed by atoms with Crippen molar-refractivity contribution in [2.45, 2.75) is 25.4 Å². The molecule has 4 N–H and O–H groups in total. The van der Waals surface area contributed by atoms with Crippen molar-refractivity contribution in [3.63, 3.8) is 0 Å². The first-order chi connectivity index (χ1) is 8.25. The van der Waals surface area contributed by atoms with Crippen LogP contribution in [0.5, 0.6) is 0 Å². The minimum Gasteiger partial charge on any atom is -0.399 e. The van der Waals surface area contributed by atoms with E-state index in [0.717, 1.165) is 42.2 Å². The first-order valence-electron chi connectivity index (χ1n) is 5.92. The van der Waals surface area contributed by atoms with Crippen molar-refractivity contribution in [3.8, 4) is 11.4 Å². The highest BCUT2D eigenvalue weighted by molar-refractivity contribution is 5.62. The number of fused-ring (bicyclic) bond motifs is 1. The Hall–Kier alpha value is -1.81. The quantitative estimate of drug-likeness (QED) is 0.733. The van der Waals surface area contributed by atoms with Gasteiger partial charge in [0.2, 0.25) is 0 Å². The highest BCUT2D eigenvalue weighted by Crippen LogP contribution is 2.29. The molecule has 3 rings (SSSR count). The molecule has 1 atom stereocenters. The molecule has 1 unspecified atom stereocenters. The van der Waals surface area contributed by atoms with Crippen LogP contribution in [0.2, 0.25) is 0 Å². The normalized spacial score (nSPS) is 19.0. The van der Waals surface area contributed by atoms with E-state index in [1.54, 1.807) is 0 Å². The molecule has 0 bridgehead atoms. The molecule has 2 heterocycles. The Balaban J connectivity index is 2.10. The summed E-state index contributed by atoms with van der Waals surface area (Å²) in [7, 11) is 0. The molecule has 4 nitrogen and oxygen atoms in total. The number of hydrogen-bond donors (Lipinski definition) is 2. The number of imidazole rings is 1. The summed E-state index contributed by atoms with van der Waals surface area (Å²) >= 11 is 0. The van der Waals surface area contributed by atoms with E-state index >= 15 is 0 Å². The SMILES string of the molecule is Nc1cccc(-c2ncc3n2CCCC3N)c1. The zero-order valence-electron chi connectivity index (χ0n) is 9.63. The zero-order chi connectivity index (χ0) is 11.8. The molecular formula is C13H16N4. The van der Waals surface area contributed by atoms with Gasteiger partial charge in [-0.1, -0.05) is 12.1 Å². The van der Waals surface area contributed by atoms with Crippen molar-refractivity contribution in [3.05, 3.63) is 36.2 Å². The van der Waals surface area contributed by atoms with E-state index in [0.29, 0.717) is 0 Å². The highest BCUT2D eigenvalue weighted by atomic mass is 15.1. The Morgan fingerprint density at radius 2 is 2.24 bits per heavy atom. The molecule has 1 aromatic heterocycles. The van der Waals surface area contributed by atoms with Crippen molar-refractivity contribution >= 4 is 5.69 Å². The maximum absolute atomic E-state index is 6.08. The summed E-state index contributed by atoms with van der Waals surface area (Å²) in [6.45, 7) is 0.993. The van der Waals surface area contributed by atoms with Gasteiger partial charge in [0, 0.05) is 23.8 Å². The van der Waals surface area contributed by atoms with E-state index in [9.17, 15) is 0 Å². The first kappa shape index (κ1) is 10.4. The summed E-state index contributed by atoms with van der Waals surface area (Å²) in [5, 5.41) is 0. The number of anilines is 1. The third-order valence-electron chi connectivity index (χ3n) is 3.31. The second-order valence-electron chi connectivity index (χ2n) is 4.53. The summed E-state index contributed by atoms with van der Waals surface area (Å²) in [5.74, 6) is 0.974. The summed E-state index contributed by atoms with van der Waals surface area (Å²) in [4.78, 5) is 4.49. The van der Waals surface area contributed by atoms with Crippen LogP contribution in [0.3, 0.4) is 0 Å². The van der Waals surface area contributed by atoms with Crippen molar-refractivity contribution in [2.24, 2.45) is 5.73 Å². The molecule has 0 saturated heterocycles. The zero-order valence-corrected chi connectivity index (χ0v) is 9.63. The van der Waals surface area contributed by atoms with Crippen LogP contribution in [0.25, 0.3) is 11.4 Å². The molecule has 0 radical (unpaired) electrons. The summed E-state index contributed by atoms with van der Waals surface area (Å²) in [6, 6.07) is 7.94. The largest absolute Gasteiger partial charge is 0.399 e. The van der Waals surface area contributed by atoms with E-state index in [-0.39, 0.29) is 6.04 Å². The number of nitrogen functional groups attached to an aromatic ring is 1. The monoisotopic (exact) mass is 228 g/mol. The lowest BCUT2D eigenvalue weighted by Gasteiger charge is -2.22. The van der Waals surface area contributed by atoms with Gasteiger partial charge in [0.15, 0.2) is 0 Å². The Morgan fingerprint density at radius 1 is 1.35 bits per heavy atom. The third-order valence-corrected chi connectivity index (χ3v) is 3.31. The molecule has 0 amide bonds. The fourth-order valence-electron chi connectivity index (χ4n) is 2.45. The second kappa shape index (κ2) is 3.89. The fourth-order valence-corrected chi connectivity index (χ4v) is 2.45. The van der Waals surface area contributed by atoms with Gasteiger partial charge in [-0.3, -0.25) is 0 Å². The molecule has 2 aromatic rings. The Morgan fingerprint density at radius 3 is 3.06 bits per heavy atom. The number of aromatic nitrogens is 2. The van der Waals surface area contributed by atoms with Crippen LogP contribution in [0.1, 0.15) is 24.6 Å². The first-order valence-corrected chi connectivity index (χ1v) is 5.92. The van der Waals surface area contributed by atoms with Gasteiger partial charge in [0.25, 0.3) is 0 Å². The van der Waals surface area contributed by atoms with Gasteiger partial charge in [-0.05, 0) is 25.0 Å². The fraction of sp³-hybridized carbons (Fsp3) is 0.308. The lowest BCUT2D eigenvalue weighted by atomic mass is 10.1. The van der Waals surface area contributed by atoms with Crippen molar-refractivity contribution in [1.82, 2.24) is 9.55 Å². The lowest BCUT2D eigenvalue weighted by molar-refractivity contribution is 0.466. The summed E-state index contributed by atoms with van der Waals surface area (Å²) in [6.07, 6.45) is 4.05. The average Bonchev–Trinajstić information content (AvgIpc) is 2.74. The molecule has 0 spiro atoms. The van der Waals surface area contributed by atoms with Crippen LogP contribution in [0, 0.1) is 0 Å². The van der Waals surface area contributed by atoms with Gasteiger partial charge in [0.05, 0.1) is 11.9 Å². The number of rotatable bonds is 1. The topological polar surface area (TPSA) is 69.9 Å². The molecule has 0 fully saturated rings. The maximum Gasteiger partial charge on any atom is 0.140 e. The van der Waals surface area contributed by atoms with Gasteiger partial charge in [0.1, 0.15) is 5.82 Å². The predicted octanol–water partition coefficient (Wildman–Crippen LogP) is 1.93. The van der Waals surface area contributed by atoms with Crippen LogP contribution in [-0.2, 0) is 6.54 Å². The molecule has 1 aromatic carbocycles. The molecular weight excluding hydrogens is 212 g/mol. The second-order valence-corrected chi connectivity index (χ2v) is 4.53. The minimum absolute atomic E-state index is 0.117. The van der Waals surface area contributed by atoms with E-state index in [1.165, 1.54) is 0 Å². The van der Waals surface area contributed by atoms with Gasteiger partial charge in [-0.25, -0.2) is 4.98 Å². The van der Waals surface area contributed by atoms with Crippen LogP contribution in [-0.4, -0.2) is 9.55 Å². The summed E-state index contributed by atoms with van der Waals surface area (Å²) in [5.41, 5.74) is 14.8. The number of nitrogens with two attached hydrogens (primary N) is 2. The maximum atomic E-state index is 6.08. The lowest BCUT2D eigenvalue weighted by Crippen LogP contribution is -2.21. The predicted molar refractivity (Wildman–Crippen MR) is 68.2 cm³/mol. The molecule has 4 heteroatoms. The molecule has 1 aliphatic heterocycles. The average molecular weight is 228 g/mol. The summed E-state index contributed by atoms with van der Waals surface area (Å²) < 4.78 is 2.21. The Labute approximate surface area is 100 Å². The van der Waals surface area contributed by atoms with E-state index in [2.05, 4.69) is 9.55 Å². The minimum atomic E-state index is 0.117. The van der Waals surface area contributed by atoms with Gasteiger partial charge in [-0.15, -0.1) is 0 Å². The van der Waals surface area contributed by atoms with E-state index in [4.69, 9.17) is 11.5 Å².